The van der Waals surface area contributed by atoms with Crippen molar-refractivity contribution in [3.63, 3.8) is 0 Å². The molecule has 0 radical (unpaired) electrons. The number of nitrogens with one attached hydrogen (secondary N) is 1. The zero-order valence-corrected chi connectivity index (χ0v) is 15.5. The molecule has 0 aromatic heterocycles. The first kappa shape index (κ1) is 19.6. The van der Waals surface area contributed by atoms with Crippen molar-refractivity contribution < 1.29 is 19.1 Å². The van der Waals surface area contributed by atoms with Crippen LogP contribution in [0, 0.1) is 18.3 Å². The molecule has 0 saturated carbocycles. The van der Waals surface area contributed by atoms with E-state index in [2.05, 4.69) is 11.2 Å². The van der Waals surface area contributed by atoms with Crippen LogP contribution in [-0.2, 0) is 16.1 Å². The summed E-state index contributed by atoms with van der Waals surface area (Å²) in [6.45, 7) is 6.47. The number of likely N-dealkylation sites (tertiary alicyclic amines) is 1. The van der Waals surface area contributed by atoms with Crippen molar-refractivity contribution in [1.29, 1.82) is 0 Å². The average molecular weight is 358 g/mol. The van der Waals surface area contributed by atoms with Crippen molar-refractivity contribution >= 4 is 12.2 Å². The predicted octanol–water partition coefficient (Wildman–Crippen LogP) is 3.17. The Kier molecular flexibility index (Phi) is 6.51. The van der Waals surface area contributed by atoms with Gasteiger partial charge in [-0.15, -0.1) is 6.42 Å². The van der Waals surface area contributed by atoms with E-state index < -0.39 is 23.8 Å². The van der Waals surface area contributed by atoms with Crippen LogP contribution in [0.2, 0.25) is 0 Å². The van der Waals surface area contributed by atoms with E-state index in [1.807, 2.05) is 30.3 Å². The van der Waals surface area contributed by atoms with Crippen LogP contribution < -0.4 is 5.32 Å². The second-order valence-electron chi connectivity index (χ2n) is 7.28. The lowest BCUT2D eigenvalue weighted by Gasteiger charge is -2.24. The normalized spacial score (nSPS) is 19.5. The molecular formula is C20H26N2O4. The van der Waals surface area contributed by atoms with Crippen LogP contribution in [0.1, 0.15) is 32.8 Å². The van der Waals surface area contributed by atoms with Crippen molar-refractivity contribution in [2.45, 2.75) is 45.4 Å². The first-order valence-corrected chi connectivity index (χ1v) is 8.70. The minimum absolute atomic E-state index is 0.0307. The van der Waals surface area contributed by atoms with E-state index >= 15 is 0 Å². The Labute approximate surface area is 154 Å². The van der Waals surface area contributed by atoms with Crippen LogP contribution in [0.15, 0.2) is 30.3 Å². The molecule has 1 saturated heterocycles. The fraction of sp³-hybridized carbons (Fsp3) is 0.500. The van der Waals surface area contributed by atoms with Crippen molar-refractivity contribution in [3.05, 3.63) is 35.9 Å². The van der Waals surface area contributed by atoms with Gasteiger partial charge in [0.25, 0.3) is 0 Å². The molecule has 26 heavy (non-hydrogen) atoms. The average Bonchev–Trinajstić information content (AvgIpc) is 3.00. The molecule has 2 atom stereocenters. The summed E-state index contributed by atoms with van der Waals surface area (Å²) < 4.78 is 10.6. The molecule has 2 amide bonds. The summed E-state index contributed by atoms with van der Waals surface area (Å²) in [5, 5.41) is 2.73. The third-order valence-electron chi connectivity index (χ3n) is 4.04. The number of nitrogens with zero attached hydrogens (tertiary/aromatic N) is 1. The minimum atomic E-state index is -0.557. The second-order valence-corrected chi connectivity index (χ2v) is 7.28. The fourth-order valence-electron chi connectivity index (χ4n) is 2.83. The number of benzene rings is 1. The molecule has 1 heterocycles. The van der Waals surface area contributed by atoms with Gasteiger partial charge in [-0.2, -0.15) is 0 Å². The van der Waals surface area contributed by atoms with Gasteiger partial charge in [0.2, 0.25) is 0 Å². The first-order chi connectivity index (χ1) is 12.3. The van der Waals surface area contributed by atoms with Crippen LogP contribution >= 0.6 is 0 Å². The number of ether oxygens (including phenoxy) is 2. The van der Waals surface area contributed by atoms with E-state index in [1.165, 1.54) is 0 Å². The van der Waals surface area contributed by atoms with Crippen molar-refractivity contribution in [2.24, 2.45) is 5.92 Å². The molecule has 0 unspecified atom stereocenters. The second kappa shape index (κ2) is 8.61. The van der Waals surface area contributed by atoms with Gasteiger partial charge in [-0.05, 0) is 32.8 Å². The molecule has 1 aliphatic heterocycles. The monoisotopic (exact) mass is 358 g/mol. The Balaban J connectivity index is 1.85. The van der Waals surface area contributed by atoms with E-state index in [4.69, 9.17) is 15.9 Å². The lowest BCUT2D eigenvalue weighted by molar-refractivity contribution is 0.0517. The topological polar surface area (TPSA) is 67.9 Å². The van der Waals surface area contributed by atoms with Gasteiger partial charge in [-0.25, -0.2) is 9.59 Å². The van der Waals surface area contributed by atoms with E-state index in [0.29, 0.717) is 19.5 Å². The highest BCUT2D eigenvalue weighted by molar-refractivity contribution is 5.69. The molecule has 140 valence electrons. The molecule has 1 fully saturated rings. The molecular weight excluding hydrogens is 332 g/mol. The highest BCUT2D eigenvalue weighted by Crippen LogP contribution is 2.24. The number of hydrogen-bond donors (Lipinski definition) is 1. The number of carbonyl (C=O) groups excluding carboxylic acids is 2. The summed E-state index contributed by atoms with van der Waals surface area (Å²) in [6, 6.07) is 9.06. The predicted molar refractivity (Wildman–Crippen MR) is 98.3 cm³/mol. The quantitative estimate of drug-likeness (QED) is 0.840. The highest BCUT2D eigenvalue weighted by Gasteiger charge is 2.37. The van der Waals surface area contributed by atoms with Crippen LogP contribution in [0.4, 0.5) is 9.59 Å². The SMILES string of the molecule is C#C[C@@H]1[C@H](CNC(=O)OC(C)(C)C)CCN1C(=O)OCc1ccccc1. The maximum Gasteiger partial charge on any atom is 0.411 e. The lowest BCUT2D eigenvalue weighted by Crippen LogP contribution is -2.41. The zero-order valence-electron chi connectivity index (χ0n) is 15.5. The van der Waals surface area contributed by atoms with Crippen molar-refractivity contribution in [1.82, 2.24) is 10.2 Å². The van der Waals surface area contributed by atoms with Crippen LogP contribution in [-0.4, -0.2) is 41.8 Å². The highest BCUT2D eigenvalue weighted by atomic mass is 16.6. The smallest absolute Gasteiger partial charge is 0.411 e. The Morgan fingerprint density at radius 2 is 2.00 bits per heavy atom. The number of alkyl carbamates (subject to hydrolysis) is 1. The van der Waals surface area contributed by atoms with E-state index in [0.717, 1.165) is 5.56 Å². The molecule has 1 aromatic rings. The summed E-state index contributed by atoms with van der Waals surface area (Å²) in [7, 11) is 0. The molecule has 1 N–H and O–H groups in total. The molecule has 6 heteroatoms. The summed E-state index contributed by atoms with van der Waals surface area (Å²) in [5.41, 5.74) is 0.360. The Bertz CT molecular complexity index is 661. The Morgan fingerprint density at radius 1 is 1.31 bits per heavy atom. The molecule has 6 nitrogen and oxygen atoms in total. The summed E-state index contributed by atoms with van der Waals surface area (Å²) in [5.74, 6) is 2.62. The van der Waals surface area contributed by atoms with Gasteiger partial charge < -0.3 is 14.8 Å². The fourth-order valence-corrected chi connectivity index (χ4v) is 2.83. The van der Waals surface area contributed by atoms with Crippen molar-refractivity contribution in [2.75, 3.05) is 13.1 Å². The van der Waals surface area contributed by atoms with E-state index in [1.54, 1.807) is 25.7 Å². The van der Waals surface area contributed by atoms with Gasteiger partial charge in [0, 0.05) is 19.0 Å². The Morgan fingerprint density at radius 3 is 2.62 bits per heavy atom. The maximum atomic E-state index is 12.4. The molecule has 1 aromatic carbocycles. The van der Waals surface area contributed by atoms with Gasteiger partial charge in [-0.1, -0.05) is 36.3 Å². The number of amides is 2. The third kappa shape index (κ3) is 5.69. The first-order valence-electron chi connectivity index (χ1n) is 8.70. The molecule has 0 bridgehead atoms. The summed E-state index contributed by atoms with van der Waals surface area (Å²) in [4.78, 5) is 25.7. The van der Waals surface area contributed by atoms with Crippen LogP contribution in [0.3, 0.4) is 0 Å². The van der Waals surface area contributed by atoms with E-state index in [9.17, 15) is 9.59 Å². The van der Waals surface area contributed by atoms with Crippen LogP contribution in [0.5, 0.6) is 0 Å². The molecule has 1 aliphatic rings. The number of terminal acetylenes is 1. The minimum Gasteiger partial charge on any atom is -0.445 e. The molecule has 0 spiro atoms. The van der Waals surface area contributed by atoms with Gasteiger partial charge >= 0.3 is 12.2 Å². The molecule has 0 aliphatic carbocycles. The van der Waals surface area contributed by atoms with Gasteiger partial charge in [0.05, 0.1) is 0 Å². The maximum absolute atomic E-state index is 12.4. The van der Waals surface area contributed by atoms with Gasteiger partial charge in [0.1, 0.15) is 18.2 Å². The Hall–Kier alpha value is -2.68. The molecule has 2 rings (SSSR count). The zero-order chi connectivity index (χ0) is 19.2. The van der Waals surface area contributed by atoms with Crippen molar-refractivity contribution in [3.8, 4) is 12.3 Å². The largest absolute Gasteiger partial charge is 0.445 e. The van der Waals surface area contributed by atoms with Gasteiger partial charge in [0.15, 0.2) is 0 Å². The summed E-state index contributed by atoms with van der Waals surface area (Å²) >= 11 is 0. The number of carbonyl (C=O) groups is 2. The van der Waals surface area contributed by atoms with E-state index in [-0.39, 0.29) is 12.5 Å². The number of hydrogen-bond acceptors (Lipinski definition) is 4. The van der Waals surface area contributed by atoms with Crippen LogP contribution in [0.25, 0.3) is 0 Å². The lowest BCUT2D eigenvalue weighted by atomic mass is 10.0. The third-order valence-corrected chi connectivity index (χ3v) is 4.04. The summed E-state index contributed by atoms with van der Waals surface area (Å²) in [6.07, 6.45) is 5.40. The standard InChI is InChI=1S/C20H26N2O4/c1-5-17-16(13-21-18(23)26-20(2,3)4)11-12-22(17)19(24)25-14-15-9-7-6-8-10-15/h1,6-10,16-17H,11-14H2,2-4H3,(H,21,23)/t16-,17+/m0/s1. The number of rotatable bonds is 4. The van der Waals surface area contributed by atoms with Gasteiger partial charge in [-0.3, -0.25) is 4.90 Å².